The zero-order chi connectivity index (χ0) is 20.1. The highest BCUT2D eigenvalue weighted by Gasteiger charge is 2.06. The predicted octanol–water partition coefficient (Wildman–Crippen LogP) is 6.65. The average molecular weight is 377 g/mol. The lowest BCUT2D eigenvalue weighted by Gasteiger charge is -2.11. The van der Waals surface area contributed by atoms with Gasteiger partial charge in [0.1, 0.15) is 0 Å². The number of pyridine rings is 1. The third-order valence-corrected chi connectivity index (χ3v) is 4.86. The lowest BCUT2D eigenvalue weighted by molar-refractivity contribution is 1.13. The van der Waals surface area contributed by atoms with Gasteiger partial charge >= 0.3 is 0 Å². The summed E-state index contributed by atoms with van der Waals surface area (Å²) in [5, 5.41) is 0. The quantitative estimate of drug-likeness (QED) is 0.387. The van der Waals surface area contributed by atoms with Crippen LogP contribution in [0, 0.1) is 0 Å². The van der Waals surface area contributed by atoms with E-state index in [1.54, 1.807) is 0 Å². The normalized spacial score (nSPS) is 11.0. The molecule has 142 valence electrons. The van der Waals surface area contributed by atoms with E-state index in [0.29, 0.717) is 0 Å². The van der Waals surface area contributed by atoms with E-state index in [1.807, 2.05) is 36.4 Å². The summed E-state index contributed by atoms with van der Waals surface area (Å²) >= 11 is 0. The fourth-order valence-corrected chi connectivity index (χ4v) is 3.24. The summed E-state index contributed by atoms with van der Waals surface area (Å²) in [5.41, 5.74) is 7.71. The van der Waals surface area contributed by atoms with Crippen molar-refractivity contribution in [1.82, 2.24) is 4.98 Å². The molecule has 2 heteroatoms. The van der Waals surface area contributed by atoms with Crippen LogP contribution in [-0.4, -0.2) is 19.1 Å². The summed E-state index contributed by atoms with van der Waals surface area (Å²) in [7, 11) is 4.11. The second kappa shape index (κ2) is 8.57. The van der Waals surface area contributed by atoms with Crippen LogP contribution in [0.15, 0.2) is 97.1 Å². The fraction of sp³-hybridized carbons (Fsp3) is 0.0741. The number of nitrogens with zero attached hydrogens (tertiary/aromatic N) is 2. The van der Waals surface area contributed by atoms with E-state index in [9.17, 15) is 0 Å². The van der Waals surface area contributed by atoms with Crippen LogP contribution in [0.1, 0.15) is 11.1 Å². The molecule has 0 atom stereocenters. The van der Waals surface area contributed by atoms with Gasteiger partial charge in [-0.3, -0.25) is 0 Å². The number of benzene rings is 3. The first-order chi connectivity index (χ1) is 14.2. The van der Waals surface area contributed by atoms with Gasteiger partial charge in [0.05, 0.1) is 11.4 Å². The van der Waals surface area contributed by atoms with Gasteiger partial charge in [-0.05, 0) is 35.4 Å². The Hall–Kier alpha value is -3.65. The van der Waals surface area contributed by atoms with Gasteiger partial charge < -0.3 is 4.90 Å². The van der Waals surface area contributed by atoms with Crippen molar-refractivity contribution in [2.24, 2.45) is 0 Å². The molecule has 0 saturated carbocycles. The predicted molar refractivity (Wildman–Crippen MR) is 125 cm³/mol. The van der Waals surface area contributed by atoms with Crippen molar-refractivity contribution in [3.05, 3.63) is 108 Å². The van der Waals surface area contributed by atoms with Crippen molar-refractivity contribution in [2.75, 3.05) is 19.0 Å². The molecule has 0 amide bonds. The van der Waals surface area contributed by atoms with Gasteiger partial charge in [0.25, 0.3) is 0 Å². The number of hydrogen-bond acceptors (Lipinski definition) is 2. The molecule has 0 fully saturated rings. The lowest BCUT2D eigenvalue weighted by Crippen LogP contribution is -2.07. The van der Waals surface area contributed by atoms with Gasteiger partial charge in [-0.25, -0.2) is 4.98 Å². The van der Waals surface area contributed by atoms with E-state index >= 15 is 0 Å². The first-order valence-electron chi connectivity index (χ1n) is 9.77. The van der Waals surface area contributed by atoms with E-state index < -0.39 is 0 Å². The van der Waals surface area contributed by atoms with Gasteiger partial charge in [-0.1, -0.05) is 84.9 Å². The zero-order valence-corrected chi connectivity index (χ0v) is 16.8. The van der Waals surface area contributed by atoms with Gasteiger partial charge in [0.15, 0.2) is 0 Å². The molecule has 0 aliphatic carbocycles. The molecule has 2 nitrogen and oxygen atoms in total. The summed E-state index contributed by atoms with van der Waals surface area (Å²) in [6, 6.07) is 33.5. The van der Waals surface area contributed by atoms with E-state index in [4.69, 9.17) is 4.98 Å². The fourth-order valence-electron chi connectivity index (χ4n) is 3.24. The SMILES string of the molecule is CN(C)c1ccc(/C=C/c2cc(-c3ccccc3)nc(-c3ccccc3)c2)cc1. The molecule has 0 bridgehead atoms. The maximum atomic E-state index is 4.92. The molecule has 0 radical (unpaired) electrons. The summed E-state index contributed by atoms with van der Waals surface area (Å²) in [5.74, 6) is 0. The Kier molecular flexibility index (Phi) is 5.53. The lowest BCUT2D eigenvalue weighted by atomic mass is 10.0. The molecule has 0 aliphatic rings. The minimum atomic E-state index is 0.981. The van der Waals surface area contributed by atoms with Crippen LogP contribution >= 0.6 is 0 Å². The van der Waals surface area contributed by atoms with Crippen LogP contribution in [0.5, 0.6) is 0 Å². The first kappa shape index (κ1) is 18.7. The number of anilines is 1. The van der Waals surface area contributed by atoms with Crippen LogP contribution in [-0.2, 0) is 0 Å². The van der Waals surface area contributed by atoms with Gasteiger partial charge in [-0.15, -0.1) is 0 Å². The Bertz CT molecular complexity index is 1040. The Morgan fingerprint density at radius 3 is 1.55 bits per heavy atom. The highest BCUT2D eigenvalue weighted by Crippen LogP contribution is 2.26. The summed E-state index contributed by atoms with van der Waals surface area (Å²) in [4.78, 5) is 7.03. The first-order valence-corrected chi connectivity index (χ1v) is 9.77. The highest BCUT2D eigenvalue weighted by molar-refractivity contribution is 5.76. The molecule has 0 spiro atoms. The van der Waals surface area contributed by atoms with E-state index in [2.05, 4.69) is 91.8 Å². The highest BCUT2D eigenvalue weighted by atomic mass is 15.1. The summed E-state index contributed by atoms with van der Waals surface area (Å²) in [6.45, 7) is 0. The van der Waals surface area contributed by atoms with Gasteiger partial charge in [-0.2, -0.15) is 0 Å². The van der Waals surface area contributed by atoms with Crippen molar-refractivity contribution in [1.29, 1.82) is 0 Å². The summed E-state index contributed by atoms with van der Waals surface area (Å²) < 4.78 is 0. The van der Waals surface area contributed by atoms with Crippen LogP contribution in [0.4, 0.5) is 5.69 Å². The van der Waals surface area contributed by atoms with E-state index in [0.717, 1.165) is 28.1 Å². The summed E-state index contributed by atoms with van der Waals surface area (Å²) in [6.07, 6.45) is 4.31. The standard InChI is InChI=1S/C27H24N2/c1-29(2)25-17-15-21(16-18-25)13-14-22-19-26(23-9-5-3-6-10-23)28-27(20-22)24-11-7-4-8-12-24/h3-20H,1-2H3/b14-13+. The molecule has 1 heterocycles. The number of rotatable bonds is 5. The van der Waals surface area contributed by atoms with Crippen molar-refractivity contribution >= 4 is 17.8 Å². The largest absolute Gasteiger partial charge is 0.378 e. The van der Waals surface area contributed by atoms with Crippen LogP contribution in [0.25, 0.3) is 34.7 Å². The topological polar surface area (TPSA) is 16.1 Å². The molecule has 1 aromatic heterocycles. The molecule has 29 heavy (non-hydrogen) atoms. The Morgan fingerprint density at radius 2 is 1.07 bits per heavy atom. The third-order valence-electron chi connectivity index (χ3n) is 4.86. The molecule has 0 N–H and O–H groups in total. The molecule has 0 unspecified atom stereocenters. The van der Waals surface area contributed by atoms with Crippen LogP contribution < -0.4 is 4.90 Å². The van der Waals surface area contributed by atoms with Gasteiger partial charge in [0.2, 0.25) is 0 Å². The Balaban J connectivity index is 1.72. The Morgan fingerprint density at radius 1 is 0.586 bits per heavy atom. The molecule has 0 aliphatic heterocycles. The van der Waals surface area contributed by atoms with Crippen molar-refractivity contribution in [3.63, 3.8) is 0 Å². The van der Waals surface area contributed by atoms with Gasteiger partial charge in [0, 0.05) is 30.9 Å². The van der Waals surface area contributed by atoms with Crippen molar-refractivity contribution < 1.29 is 0 Å². The molecule has 3 aromatic carbocycles. The molecular formula is C27H24N2. The van der Waals surface area contributed by atoms with Crippen LogP contribution in [0.3, 0.4) is 0 Å². The van der Waals surface area contributed by atoms with Crippen molar-refractivity contribution in [3.8, 4) is 22.5 Å². The monoisotopic (exact) mass is 376 g/mol. The average Bonchev–Trinajstić information content (AvgIpc) is 2.79. The second-order valence-electron chi connectivity index (χ2n) is 7.22. The minimum Gasteiger partial charge on any atom is -0.378 e. The maximum Gasteiger partial charge on any atom is 0.0715 e. The number of hydrogen-bond donors (Lipinski definition) is 0. The maximum absolute atomic E-state index is 4.92. The number of aromatic nitrogens is 1. The Labute approximate surface area is 172 Å². The molecule has 4 aromatic rings. The van der Waals surface area contributed by atoms with E-state index in [1.165, 1.54) is 11.3 Å². The zero-order valence-electron chi connectivity index (χ0n) is 16.8. The van der Waals surface area contributed by atoms with Crippen molar-refractivity contribution in [2.45, 2.75) is 0 Å². The third kappa shape index (κ3) is 4.61. The van der Waals surface area contributed by atoms with Crippen LogP contribution in [0.2, 0.25) is 0 Å². The molecule has 0 saturated heterocycles. The smallest absolute Gasteiger partial charge is 0.0715 e. The second-order valence-corrected chi connectivity index (χ2v) is 7.22. The van der Waals surface area contributed by atoms with E-state index in [-0.39, 0.29) is 0 Å². The molecular weight excluding hydrogens is 352 g/mol. The minimum absolute atomic E-state index is 0.981. The molecule has 4 rings (SSSR count).